The third kappa shape index (κ3) is 13.5. The second kappa shape index (κ2) is 11.6. The van der Waals surface area contributed by atoms with E-state index < -0.39 is 0 Å². The van der Waals surface area contributed by atoms with Gasteiger partial charge < -0.3 is 0 Å². The summed E-state index contributed by atoms with van der Waals surface area (Å²) in [5.74, 6) is 0.833. The summed E-state index contributed by atoms with van der Waals surface area (Å²) < 4.78 is 3.53. The molecule has 0 saturated carbocycles. The predicted molar refractivity (Wildman–Crippen MR) is 75.9 cm³/mol. The third-order valence-electron chi connectivity index (χ3n) is 1.01. The number of hydrogen-bond donors (Lipinski definition) is 1. The maximum atomic E-state index is 5.82. The van der Waals surface area contributed by atoms with Crippen LogP contribution in [0.25, 0.3) is 0 Å². The number of nitrogens with zero attached hydrogens (tertiary/aromatic N) is 1. The fourth-order valence-corrected chi connectivity index (χ4v) is 0.893. The van der Waals surface area contributed by atoms with Gasteiger partial charge in [0.1, 0.15) is 0 Å². The lowest BCUT2D eigenvalue weighted by Crippen LogP contribution is -1.80. The van der Waals surface area contributed by atoms with Crippen LogP contribution < -0.4 is 0 Å². The Morgan fingerprint density at radius 1 is 1.40 bits per heavy atom. The van der Waals surface area contributed by atoms with Gasteiger partial charge in [0.05, 0.1) is 0 Å². The summed E-state index contributed by atoms with van der Waals surface area (Å²) in [5, 5.41) is 0.611. The molecule has 0 aromatic rings. The molecular formula is C12H20ClNS. The first kappa shape index (κ1) is 16.9. The lowest BCUT2D eigenvalue weighted by atomic mass is 10.2. The molecular weight excluding hydrogens is 226 g/mol. The molecule has 0 spiro atoms. The van der Waals surface area contributed by atoms with Crippen LogP contribution in [0.3, 0.4) is 0 Å². The van der Waals surface area contributed by atoms with Gasteiger partial charge in [0, 0.05) is 16.8 Å². The summed E-state index contributed by atoms with van der Waals surface area (Å²) in [5.41, 5.74) is 0.764. The number of halogens is 1. The van der Waals surface area contributed by atoms with Gasteiger partial charge in [-0.3, -0.25) is 0 Å². The predicted octanol–water partition coefficient (Wildman–Crippen LogP) is 4.82. The standard InChI is InChI=1S/C8H10ClNS.C4H10/c1-3-5-8(9)7(4-2)6-10-11;1-4(2)3/h3-6,11H,2H2,1H3;4H,1-3H3/b5-3-,8-7-,10-6+;. The van der Waals surface area contributed by atoms with E-state index in [4.69, 9.17) is 11.6 Å². The Kier molecular flexibility index (Phi) is 13.1. The lowest BCUT2D eigenvalue weighted by Gasteiger charge is -1.92. The summed E-state index contributed by atoms with van der Waals surface area (Å²) in [6.45, 7) is 12.0. The smallest absolute Gasteiger partial charge is 0.0490 e. The number of rotatable bonds is 3. The summed E-state index contributed by atoms with van der Waals surface area (Å²) >= 11 is 9.50. The van der Waals surface area contributed by atoms with Gasteiger partial charge in [0.2, 0.25) is 0 Å². The molecule has 0 aliphatic rings. The number of allylic oxidation sites excluding steroid dienone is 5. The van der Waals surface area contributed by atoms with Crippen LogP contribution in [-0.4, -0.2) is 6.21 Å². The van der Waals surface area contributed by atoms with Gasteiger partial charge in [-0.15, -0.1) is 0 Å². The third-order valence-corrected chi connectivity index (χ3v) is 1.47. The molecule has 1 nitrogen and oxygen atoms in total. The van der Waals surface area contributed by atoms with Gasteiger partial charge >= 0.3 is 0 Å². The molecule has 0 heterocycles. The maximum absolute atomic E-state index is 5.82. The first-order valence-corrected chi connectivity index (χ1v) is 5.59. The average molecular weight is 246 g/mol. The van der Waals surface area contributed by atoms with Crippen LogP contribution in [0.2, 0.25) is 0 Å². The molecule has 0 radical (unpaired) electrons. The highest BCUT2D eigenvalue weighted by Crippen LogP contribution is 2.10. The SMILES string of the molecule is C=CC(/C=N/S)=C(Cl)\C=C/C.CC(C)C. The van der Waals surface area contributed by atoms with Crippen molar-refractivity contribution in [3.63, 3.8) is 0 Å². The van der Waals surface area contributed by atoms with E-state index in [9.17, 15) is 0 Å². The summed E-state index contributed by atoms with van der Waals surface area (Å²) in [6, 6.07) is 0. The molecule has 0 atom stereocenters. The minimum atomic E-state index is 0.611. The van der Waals surface area contributed by atoms with Crippen molar-refractivity contribution in [2.75, 3.05) is 0 Å². The first-order valence-electron chi connectivity index (χ1n) is 4.81. The maximum Gasteiger partial charge on any atom is 0.0490 e. The van der Waals surface area contributed by atoms with E-state index in [-0.39, 0.29) is 0 Å². The second-order valence-electron chi connectivity index (χ2n) is 3.48. The zero-order valence-corrected chi connectivity index (χ0v) is 11.5. The largest absolute Gasteiger partial charge is 0.227 e. The van der Waals surface area contributed by atoms with Crippen molar-refractivity contribution < 1.29 is 0 Å². The van der Waals surface area contributed by atoms with Gasteiger partial charge in [-0.25, -0.2) is 4.40 Å². The molecule has 15 heavy (non-hydrogen) atoms. The Hall–Kier alpha value is -0.470. The quantitative estimate of drug-likeness (QED) is 0.416. The molecule has 0 saturated heterocycles. The topological polar surface area (TPSA) is 12.4 Å². The highest BCUT2D eigenvalue weighted by atomic mass is 35.5. The van der Waals surface area contributed by atoms with Gasteiger partial charge in [0.15, 0.2) is 0 Å². The number of thiol groups is 1. The fraction of sp³-hybridized carbons (Fsp3) is 0.417. The van der Waals surface area contributed by atoms with E-state index in [1.165, 1.54) is 0 Å². The summed E-state index contributed by atoms with van der Waals surface area (Å²) in [7, 11) is 0. The van der Waals surface area contributed by atoms with Crippen LogP contribution in [0.5, 0.6) is 0 Å². The van der Waals surface area contributed by atoms with Crippen molar-refractivity contribution in [2.45, 2.75) is 27.7 Å². The monoisotopic (exact) mass is 245 g/mol. The molecule has 0 aliphatic carbocycles. The van der Waals surface area contributed by atoms with Crippen molar-refractivity contribution in [1.82, 2.24) is 0 Å². The Morgan fingerprint density at radius 3 is 2.13 bits per heavy atom. The number of hydrogen-bond acceptors (Lipinski definition) is 2. The molecule has 86 valence electrons. The van der Waals surface area contributed by atoms with E-state index in [0.717, 1.165) is 11.5 Å². The normalized spacial score (nSPS) is 12.7. The molecule has 0 aromatic heterocycles. The summed E-state index contributed by atoms with van der Waals surface area (Å²) in [6.07, 6.45) is 6.78. The average Bonchev–Trinajstić information content (AvgIpc) is 2.13. The highest BCUT2D eigenvalue weighted by molar-refractivity contribution is 7.79. The molecule has 0 fully saturated rings. The fourth-order valence-electron chi connectivity index (χ4n) is 0.517. The van der Waals surface area contributed by atoms with E-state index in [0.29, 0.717) is 5.03 Å². The van der Waals surface area contributed by atoms with Crippen LogP contribution in [0, 0.1) is 5.92 Å². The lowest BCUT2D eigenvalue weighted by molar-refractivity contribution is 0.737. The van der Waals surface area contributed by atoms with Crippen LogP contribution in [0.4, 0.5) is 0 Å². The molecule has 0 unspecified atom stereocenters. The van der Waals surface area contributed by atoms with Crippen molar-refractivity contribution in [1.29, 1.82) is 0 Å². The molecule has 0 aliphatic heterocycles. The molecule has 3 heteroatoms. The molecule has 0 rings (SSSR count). The van der Waals surface area contributed by atoms with Crippen LogP contribution >= 0.6 is 24.4 Å². The van der Waals surface area contributed by atoms with Crippen molar-refractivity contribution >= 4 is 30.6 Å². The van der Waals surface area contributed by atoms with Crippen molar-refractivity contribution in [2.24, 2.45) is 10.3 Å². The van der Waals surface area contributed by atoms with Crippen LogP contribution in [-0.2, 0) is 0 Å². The van der Waals surface area contributed by atoms with Gasteiger partial charge in [0.25, 0.3) is 0 Å². The Labute approximate surface area is 104 Å². The van der Waals surface area contributed by atoms with Gasteiger partial charge in [-0.1, -0.05) is 51.1 Å². The first-order chi connectivity index (χ1) is 6.99. The van der Waals surface area contributed by atoms with E-state index in [1.807, 2.05) is 13.0 Å². The Morgan fingerprint density at radius 2 is 1.87 bits per heavy atom. The Balaban J connectivity index is 0. The van der Waals surface area contributed by atoms with Crippen LogP contribution in [0.1, 0.15) is 27.7 Å². The zero-order valence-electron chi connectivity index (χ0n) is 9.87. The highest BCUT2D eigenvalue weighted by Gasteiger charge is 1.91. The van der Waals surface area contributed by atoms with E-state index in [2.05, 4.69) is 44.6 Å². The molecule has 0 bridgehead atoms. The minimum Gasteiger partial charge on any atom is -0.227 e. The minimum absolute atomic E-state index is 0.611. The van der Waals surface area contributed by atoms with Gasteiger partial charge in [-0.05, 0) is 31.7 Å². The van der Waals surface area contributed by atoms with E-state index >= 15 is 0 Å². The molecule has 0 N–H and O–H groups in total. The second-order valence-corrected chi connectivity index (χ2v) is 4.12. The van der Waals surface area contributed by atoms with Crippen LogP contribution in [0.15, 0.2) is 39.8 Å². The van der Waals surface area contributed by atoms with Gasteiger partial charge in [-0.2, -0.15) is 0 Å². The van der Waals surface area contributed by atoms with Crippen molar-refractivity contribution in [3.8, 4) is 0 Å². The molecule has 0 aromatic carbocycles. The molecule has 0 amide bonds. The van der Waals surface area contributed by atoms with Crippen molar-refractivity contribution in [3.05, 3.63) is 35.4 Å². The zero-order chi connectivity index (χ0) is 12.3. The van der Waals surface area contributed by atoms with E-state index in [1.54, 1.807) is 18.4 Å². The Bertz CT molecular complexity index is 250. The summed E-state index contributed by atoms with van der Waals surface area (Å²) in [4.78, 5) is 0.